The van der Waals surface area contributed by atoms with Gasteiger partial charge in [0.1, 0.15) is 5.84 Å². The Balaban J connectivity index is 2.27. The number of hydrogen-bond donors (Lipinski definition) is 1. The Kier molecular flexibility index (Phi) is 1.79. The minimum Gasteiger partial charge on any atom is -0.383 e. The van der Waals surface area contributed by atoms with Crippen molar-refractivity contribution >= 4 is 32.8 Å². The van der Waals surface area contributed by atoms with Crippen molar-refractivity contribution in [2.75, 3.05) is 0 Å². The Morgan fingerprint density at radius 1 is 1.40 bits per heavy atom. The molecule has 0 radical (unpaired) electrons. The van der Waals surface area contributed by atoms with Gasteiger partial charge in [0.05, 0.1) is 15.5 Å². The molecule has 1 aliphatic carbocycles. The number of aryl methyl sites for hydroxylation is 1. The van der Waals surface area contributed by atoms with Crippen LogP contribution in [-0.4, -0.2) is 15.9 Å². The second-order valence-electron chi connectivity index (χ2n) is 4.05. The molecule has 1 unspecified atom stereocenters. The fourth-order valence-corrected chi connectivity index (χ4v) is 5.38. The van der Waals surface area contributed by atoms with E-state index >= 15 is 0 Å². The van der Waals surface area contributed by atoms with Gasteiger partial charge >= 0.3 is 0 Å². The average molecular weight is 240 g/mol. The van der Waals surface area contributed by atoms with Gasteiger partial charge in [0.15, 0.2) is 0 Å². The molecule has 3 nitrogen and oxygen atoms in total. The molecule has 2 aliphatic rings. The Hall–Kier alpha value is -0.810. The minimum atomic E-state index is -2.36. The van der Waals surface area contributed by atoms with E-state index in [-0.39, 0.29) is 0 Å². The van der Waals surface area contributed by atoms with E-state index in [1.54, 1.807) is 11.3 Å². The highest BCUT2D eigenvalue weighted by molar-refractivity contribution is 7.98. The highest BCUT2D eigenvalue weighted by Gasteiger charge is 2.28. The summed E-state index contributed by atoms with van der Waals surface area (Å²) in [5, 5.41) is 0. The lowest BCUT2D eigenvalue weighted by molar-refractivity contribution is 0.682. The molecule has 80 valence electrons. The molecule has 0 fully saturated rings. The van der Waals surface area contributed by atoms with E-state index in [0.29, 0.717) is 11.6 Å². The summed E-state index contributed by atoms with van der Waals surface area (Å²) in [5.74, 6) is 4.54. The zero-order valence-corrected chi connectivity index (χ0v) is 9.92. The molecule has 5 heteroatoms. The van der Waals surface area contributed by atoms with Gasteiger partial charge in [-0.3, -0.25) is 0 Å². The van der Waals surface area contributed by atoms with Crippen molar-refractivity contribution in [1.29, 1.82) is 0 Å². The number of amidine groups is 1. The normalized spacial score (nSPS) is 28.4. The van der Waals surface area contributed by atoms with Crippen molar-refractivity contribution in [2.24, 2.45) is 10.1 Å². The zero-order valence-electron chi connectivity index (χ0n) is 8.28. The summed E-state index contributed by atoms with van der Waals surface area (Å²) in [6.07, 6.45) is 3.44. The van der Waals surface area contributed by atoms with Gasteiger partial charge in [-0.2, -0.15) is 4.40 Å². The standard InChI is InChI=1S/C10H12N2OS2/c1-15(13)5-8-9(10(11)12-15)6-3-2-4-7(6)14-8/h1-5H2,(H2,11,12,13). The highest BCUT2D eigenvalue weighted by Crippen LogP contribution is 2.38. The van der Waals surface area contributed by atoms with Crippen LogP contribution < -0.4 is 5.73 Å². The van der Waals surface area contributed by atoms with Crippen molar-refractivity contribution in [2.45, 2.75) is 25.0 Å². The van der Waals surface area contributed by atoms with Gasteiger partial charge in [-0.15, -0.1) is 11.3 Å². The van der Waals surface area contributed by atoms with Gasteiger partial charge in [0.2, 0.25) is 0 Å². The molecule has 0 aromatic carbocycles. The topological polar surface area (TPSA) is 55.5 Å². The third-order valence-electron chi connectivity index (χ3n) is 2.87. The maximum absolute atomic E-state index is 11.8. The summed E-state index contributed by atoms with van der Waals surface area (Å²) in [6.45, 7) is 0. The Labute approximate surface area is 93.2 Å². The first-order valence-corrected chi connectivity index (χ1v) is 7.58. The highest BCUT2D eigenvalue weighted by atomic mass is 32.2. The van der Waals surface area contributed by atoms with Crippen LogP contribution in [0.4, 0.5) is 0 Å². The summed E-state index contributed by atoms with van der Waals surface area (Å²) in [6, 6.07) is 0. The molecule has 1 aromatic rings. The summed E-state index contributed by atoms with van der Waals surface area (Å²) in [4.78, 5) is 2.54. The van der Waals surface area contributed by atoms with Gasteiger partial charge in [-0.1, -0.05) is 0 Å². The van der Waals surface area contributed by atoms with E-state index in [1.807, 2.05) is 0 Å². The van der Waals surface area contributed by atoms with E-state index < -0.39 is 9.71 Å². The first-order valence-electron chi connectivity index (χ1n) is 4.91. The van der Waals surface area contributed by atoms with Crippen LogP contribution in [-0.2, 0) is 28.3 Å². The van der Waals surface area contributed by atoms with Gasteiger partial charge in [-0.05, 0) is 30.7 Å². The van der Waals surface area contributed by atoms with E-state index in [0.717, 1.165) is 23.3 Å². The van der Waals surface area contributed by atoms with Crippen LogP contribution in [0.1, 0.15) is 27.3 Å². The molecular formula is C10H12N2OS2. The Morgan fingerprint density at radius 3 is 3.00 bits per heavy atom. The lowest BCUT2D eigenvalue weighted by Gasteiger charge is -2.13. The molecule has 0 saturated heterocycles. The van der Waals surface area contributed by atoms with Crippen molar-refractivity contribution in [3.63, 3.8) is 0 Å². The minimum absolute atomic E-state index is 0.440. The zero-order chi connectivity index (χ0) is 10.6. The molecule has 2 heterocycles. The predicted octanol–water partition coefficient (Wildman–Crippen LogP) is 1.09. The number of hydrogen-bond acceptors (Lipinski definition) is 3. The van der Waals surface area contributed by atoms with Gasteiger partial charge in [0.25, 0.3) is 0 Å². The first kappa shape index (κ1) is 9.42. The molecule has 0 spiro atoms. The lowest BCUT2D eigenvalue weighted by atomic mass is 10.1. The monoisotopic (exact) mass is 240 g/mol. The maximum Gasteiger partial charge on any atom is 0.142 e. The molecule has 1 aliphatic heterocycles. The van der Waals surface area contributed by atoms with Crippen molar-refractivity contribution in [1.82, 2.24) is 0 Å². The van der Waals surface area contributed by atoms with Gasteiger partial charge < -0.3 is 5.73 Å². The lowest BCUT2D eigenvalue weighted by Crippen LogP contribution is -2.23. The molecule has 2 N–H and O–H groups in total. The van der Waals surface area contributed by atoms with Crippen molar-refractivity contribution in [3.8, 4) is 0 Å². The van der Waals surface area contributed by atoms with E-state index in [2.05, 4.69) is 10.3 Å². The molecule has 1 atom stereocenters. The third-order valence-corrected chi connectivity index (χ3v) is 5.62. The smallest absolute Gasteiger partial charge is 0.142 e. The van der Waals surface area contributed by atoms with Crippen LogP contribution in [0.3, 0.4) is 0 Å². The predicted molar refractivity (Wildman–Crippen MR) is 66.0 cm³/mol. The van der Waals surface area contributed by atoms with Crippen LogP contribution in [0.15, 0.2) is 4.40 Å². The largest absolute Gasteiger partial charge is 0.383 e. The van der Waals surface area contributed by atoms with Crippen molar-refractivity contribution < 1.29 is 4.21 Å². The SMILES string of the molecule is C=S1(=O)Cc2sc3c(c2C(N)=N1)CCC3. The fourth-order valence-electron chi connectivity index (χ4n) is 2.32. The second kappa shape index (κ2) is 2.86. The summed E-state index contributed by atoms with van der Waals surface area (Å²) in [5.41, 5.74) is 8.31. The number of thiophene rings is 1. The molecular weight excluding hydrogens is 228 g/mol. The maximum atomic E-state index is 11.8. The Morgan fingerprint density at radius 2 is 2.20 bits per heavy atom. The van der Waals surface area contributed by atoms with Crippen LogP contribution in [0.5, 0.6) is 0 Å². The second-order valence-corrected chi connectivity index (χ2v) is 7.26. The van der Waals surface area contributed by atoms with Gasteiger partial charge in [-0.25, -0.2) is 4.21 Å². The molecule has 15 heavy (non-hydrogen) atoms. The Bertz CT molecular complexity index is 566. The van der Waals surface area contributed by atoms with Crippen LogP contribution in [0.25, 0.3) is 0 Å². The number of rotatable bonds is 0. The molecule has 3 rings (SSSR count). The van der Waals surface area contributed by atoms with E-state index in [4.69, 9.17) is 5.73 Å². The number of nitrogens with two attached hydrogens (primary N) is 1. The quantitative estimate of drug-likeness (QED) is 0.690. The summed E-state index contributed by atoms with van der Waals surface area (Å²) >= 11 is 1.75. The van der Waals surface area contributed by atoms with Crippen LogP contribution in [0.2, 0.25) is 0 Å². The summed E-state index contributed by atoms with van der Waals surface area (Å²) < 4.78 is 15.9. The van der Waals surface area contributed by atoms with Crippen molar-refractivity contribution in [3.05, 3.63) is 20.9 Å². The van der Waals surface area contributed by atoms with Crippen LogP contribution in [0, 0.1) is 0 Å². The third kappa shape index (κ3) is 1.33. The van der Waals surface area contributed by atoms with Gasteiger partial charge in [0, 0.05) is 15.3 Å². The molecule has 1 aromatic heterocycles. The average Bonchev–Trinajstić information content (AvgIpc) is 2.58. The van der Waals surface area contributed by atoms with Crippen LogP contribution >= 0.6 is 11.3 Å². The van der Waals surface area contributed by atoms with E-state index in [1.165, 1.54) is 16.9 Å². The number of nitrogens with zero attached hydrogens (tertiary/aromatic N) is 1. The first-order chi connectivity index (χ1) is 7.07. The van der Waals surface area contributed by atoms with E-state index in [9.17, 15) is 4.21 Å². The molecule has 0 amide bonds. The molecule has 0 saturated carbocycles. The number of fused-ring (bicyclic) bond motifs is 3. The molecule has 0 bridgehead atoms. The fraction of sp³-hybridized carbons (Fsp3) is 0.400. The summed E-state index contributed by atoms with van der Waals surface area (Å²) in [7, 11) is -2.36.